The van der Waals surface area contributed by atoms with E-state index in [1.54, 1.807) is 11.8 Å². The molecule has 1 aromatic heterocycles. The van der Waals surface area contributed by atoms with E-state index in [4.69, 9.17) is 0 Å². The zero-order chi connectivity index (χ0) is 10.5. The molecule has 3 nitrogen and oxygen atoms in total. The summed E-state index contributed by atoms with van der Waals surface area (Å²) in [6, 6.07) is 7.99. The fourth-order valence-electron chi connectivity index (χ4n) is 1.32. The van der Waals surface area contributed by atoms with E-state index in [-0.39, 0.29) is 0 Å². The first-order valence-corrected chi connectivity index (χ1v) is 6.24. The number of nitrogens with zero attached hydrogens (tertiary/aromatic N) is 2. The van der Waals surface area contributed by atoms with Crippen molar-refractivity contribution in [2.45, 2.75) is 0 Å². The molecule has 1 heterocycles. The van der Waals surface area contributed by atoms with Gasteiger partial charge in [-0.05, 0) is 12.3 Å². The summed E-state index contributed by atoms with van der Waals surface area (Å²) in [6.07, 6.45) is 3.94. The van der Waals surface area contributed by atoms with Gasteiger partial charge in [-0.1, -0.05) is 18.2 Å². The van der Waals surface area contributed by atoms with Gasteiger partial charge < -0.3 is 5.32 Å². The third-order valence-electron chi connectivity index (χ3n) is 2.08. The van der Waals surface area contributed by atoms with Crippen LogP contribution < -0.4 is 5.32 Å². The third-order valence-corrected chi connectivity index (χ3v) is 2.69. The summed E-state index contributed by atoms with van der Waals surface area (Å²) in [7, 11) is 0. The molecule has 1 aromatic carbocycles. The van der Waals surface area contributed by atoms with E-state index in [0.29, 0.717) is 5.95 Å². The van der Waals surface area contributed by atoms with Crippen molar-refractivity contribution in [3.63, 3.8) is 0 Å². The number of rotatable bonds is 4. The smallest absolute Gasteiger partial charge is 0.223 e. The van der Waals surface area contributed by atoms with E-state index in [1.807, 2.05) is 30.5 Å². The van der Waals surface area contributed by atoms with Gasteiger partial charge in [-0.3, -0.25) is 0 Å². The Balaban J connectivity index is 2.16. The van der Waals surface area contributed by atoms with Crippen LogP contribution in [0.1, 0.15) is 0 Å². The van der Waals surface area contributed by atoms with Gasteiger partial charge in [-0.2, -0.15) is 11.8 Å². The molecular weight excluding hydrogens is 206 g/mol. The molecule has 15 heavy (non-hydrogen) atoms. The number of para-hydroxylation sites is 1. The van der Waals surface area contributed by atoms with Crippen LogP contribution in [0.2, 0.25) is 0 Å². The minimum Gasteiger partial charge on any atom is -0.353 e. The molecule has 0 fully saturated rings. The highest BCUT2D eigenvalue weighted by Gasteiger charge is 1.97. The Labute approximate surface area is 93.3 Å². The van der Waals surface area contributed by atoms with Crippen LogP contribution in [-0.2, 0) is 0 Å². The largest absolute Gasteiger partial charge is 0.353 e. The zero-order valence-electron chi connectivity index (χ0n) is 8.60. The molecule has 4 heteroatoms. The summed E-state index contributed by atoms with van der Waals surface area (Å²) >= 11 is 1.81. The highest BCUT2D eigenvalue weighted by atomic mass is 32.2. The normalized spacial score (nSPS) is 10.5. The van der Waals surface area contributed by atoms with Crippen molar-refractivity contribution in [1.29, 1.82) is 0 Å². The van der Waals surface area contributed by atoms with Gasteiger partial charge in [0.15, 0.2) is 0 Å². The molecule has 0 atom stereocenters. The van der Waals surface area contributed by atoms with Gasteiger partial charge in [0.2, 0.25) is 5.95 Å². The zero-order valence-corrected chi connectivity index (χ0v) is 9.42. The van der Waals surface area contributed by atoms with E-state index in [0.717, 1.165) is 23.2 Å². The van der Waals surface area contributed by atoms with Crippen LogP contribution in [0.5, 0.6) is 0 Å². The van der Waals surface area contributed by atoms with E-state index >= 15 is 0 Å². The number of benzene rings is 1. The number of hydrogen-bond acceptors (Lipinski definition) is 4. The second-order valence-corrected chi connectivity index (χ2v) is 4.16. The van der Waals surface area contributed by atoms with Crippen molar-refractivity contribution >= 4 is 28.6 Å². The molecule has 0 unspecified atom stereocenters. The van der Waals surface area contributed by atoms with Crippen molar-refractivity contribution in [3.05, 3.63) is 30.5 Å². The number of fused-ring (bicyclic) bond motifs is 1. The van der Waals surface area contributed by atoms with Gasteiger partial charge in [0.25, 0.3) is 0 Å². The maximum absolute atomic E-state index is 4.42. The lowest BCUT2D eigenvalue weighted by molar-refractivity contribution is 1.12. The van der Waals surface area contributed by atoms with E-state index in [1.165, 1.54) is 0 Å². The lowest BCUT2D eigenvalue weighted by Gasteiger charge is -2.03. The highest BCUT2D eigenvalue weighted by Crippen LogP contribution is 2.11. The molecule has 2 rings (SSSR count). The van der Waals surface area contributed by atoms with Crippen molar-refractivity contribution < 1.29 is 0 Å². The SMILES string of the molecule is CSCCNc1ncc2ccccc2n1. The Bertz CT molecular complexity index is 445. The molecule has 0 radical (unpaired) electrons. The molecule has 0 spiro atoms. The summed E-state index contributed by atoms with van der Waals surface area (Å²) in [5.74, 6) is 1.78. The summed E-state index contributed by atoms with van der Waals surface area (Å²) in [4.78, 5) is 8.66. The van der Waals surface area contributed by atoms with Crippen LogP contribution in [0, 0.1) is 0 Å². The Kier molecular flexibility index (Phi) is 3.40. The fourth-order valence-corrected chi connectivity index (χ4v) is 1.63. The predicted octanol–water partition coefficient (Wildman–Crippen LogP) is 2.40. The molecule has 1 N–H and O–H groups in total. The second kappa shape index (κ2) is 4.98. The van der Waals surface area contributed by atoms with Gasteiger partial charge in [-0.15, -0.1) is 0 Å². The molecule has 78 valence electrons. The summed E-state index contributed by atoms with van der Waals surface area (Å²) in [5.41, 5.74) is 0.985. The topological polar surface area (TPSA) is 37.8 Å². The second-order valence-electron chi connectivity index (χ2n) is 3.17. The molecular formula is C11H13N3S. The van der Waals surface area contributed by atoms with Gasteiger partial charge in [0.05, 0.1) is 5.52 Å². The first kappa shape index (κ1) is 10.2. The number of nitrogens with one attached hydrogen (secondary N) is 1. The molecule has 0 bridgehead atoms. The average Bonchev–Trinajstić information content (AvgIpc) is 2.29. The summed E-state index contributed by atoms with van der Waals surface area (Å²) in [5, 5.41) is 4.27. The van der Waals surface area contributed by atoms with Crippen LogP contribution in [-0.4, -0.2) is 28.5 Å². The van der Waals surface area contributed by atoms with Gasteiger partial charge in [0, 0.05) is 23.9 Å². The first-order valence-electron chi connectivity index (χ1n) is 4.85. The quantitative estimate of drug-likeness (QED) is 0.801. The van der Waals surface area contributed by atoms with E-state index in [9.17, 15) is 0 Å². The number of anilines is 1. The first-order chi connectivity index (χ1) is 7.40. The third kappa shape index (κ3) is 2.59. The van der Waals surface area contributed by atoms with Gasteiger partial charge in [0.1, 0.15) is 0 Å². The Morgan fingerprint density at radius 1 is 1.33 bits per heavy atom. The molecule has 2 aromatic rings. The Hall–Kier alpha value is -1.29. The van der Waals surface area contributed by atoms with Crippen LogP contribution in [0.25, 0.3) is 10.9 Å². The number of hydrogen-bond donors (Lipinski definition) is 1. The Morgan fingerprint density at radius 2 is 2.20 bits per heavy atom. The maximum atomic E-state index is 4.42. The van der Waals surface area contributed by atoms with Crippen molar-refractivity contribution in [2.75, 3.05) is 23.9 Å². The molecule has 0 aliphatic carbocycles. The van der Waals surface area contributed by atoms with E-state index < -0.39 is 0 Å². The number of thioether (sulfide) groups is 1. The minimum atomic E-state index is 0.711. The van der Waals surface area contributed by atoms with Crippen LogP contribution in [0.3, 0.4) is 0 Å². The van der Waals surface area contributed by atoms with Crippen LogP contribution in [0.15, 0.2) is 30.5 Å². The number of aromatic nitrogens is 2. The van der Waals surface area contributed by atoms with Gasteiger partial charge in [-0.25, -0.2) is 9.97 Å². The molecule has 0 saturated heterocycles. The summed E-state index contributed by atoms with van der Waals surface area (Å²) < 4.78 is 0. The molecule has 0 saturated carbocycles. The molecule has 0 amide bonds. The lowest BCUT2D eigenvalue weighted by atomic mass is 10.2. The van der Waals surface area contributed by atoms with E-state index in [2.05, 4.69) is 21.5 Å². The highest BCUT2D eigenvalue weighted by molar-refractivity contribution is 7.98. The molecule has 0 aliphatic heterocycles. The monoisotopic (exact) mass is 219 g/mol. The maximum Gasteiger partial charge on any atom is 0.223 e. The predicted molar refractivity (Wildman–Crippen MR) is 66.4 cm³/mol. The fraction of sp³-hybridized carbons (Fsp3) is 0.273. The summed E-state index contributed by atoms with van der Waals surface area (Å²) in [6.45, 7) is 0.902. The Morgan fingerprint density at radius 3 is 3.07 bits per heavy atom. The van der Waals surface area contributed by atoms with Crippen molar-refractivity contribution in [1.82, 2.24) is 9.97 Å². The average molecular weight is 219 g/mol. The van der Waals surface area contributed by atoms with Crippen molar-refractivity contribution in [2.24, 2.45) is 0 Å². The standard InChI is InChI=1S/C11H13N3S/c1-15-7-6-12-11-13-8-9-4-2-3-5-10(9)14-11/h2-5,8H,6-7H2,1H3,(H,12,13,14). The van der Waals surface area contributed by atoms with Crippen LogP contribution >= 0.6 is 11.8 Å². The van der Waals surface area contributed by atoms with Gasteiger partial charge >= 0.3 is 0 Å². The molecule has 0 aliphatic rings. The minimum absolute atomic E-state index is 0.711. The lowest BCUT2D eigenvalue weighted by Crippen LogP contribution is -2.06. The van der Waals surface area contributed by atoms with Crippen LogP contribution in [0.4, 0.5) is 5.95 Å². The van der Waals surface area contributed by atoms with Crippen molar-refractivity contribution in [3.8, 4) is 0 Å².